The quantitative estimate of drug-likeness (QED) is 0.0720. The molecule has 2 N–H and O–H groups in total. The Morgan fingerprint density at radius 1 is 0.632 bits per heavy atom. The Morgan fingerprint density at radius 2 is 1.16 bits per heavy atom. The summed E-state index contributed by atoms with van der Waals surface area (Å²) >= 11 is 0. The number of terminal acetylenes is 1. The van der Waals surface area contributed by atoms with Crippen molar-refractivity contribution in [3.8, 4) is 18.1 Å². The Hall–Kier alpha value is -7.48. The highest BCUT2D eigenvalue weighted by molar-refractivity contribution is 7.93. The molecule has 8 rings (SSSR count). The first-order valence-electron chi connectivity index (χ1n) is 26.0. The first-order chi connectivity index (χ1) is 36.7. The van der Waals surface area contributed by atoms with Gasteiger partial charge in [0, 0.05) is 87.7 Å². The molecule has 0 saturated carbocycles. The minimum absolute atomic E-state index is 0.0292. The van der Waals surface area contributed by atoms with Crippen LogP contribution in [-0.2, 0) is 44.0 Å². The zero-order valence-electron chi connectivity index (χ0n) is 43.9. The Bertz CT molecular complexity index is 3260. The summed E-state index contributed by atoms with van der Waals surface area (Å²) in [7, 11) is -4.86. The number of amides is 2. The van der Waals surface area contributed by atoms with E-state index in [0.717, 1.165) is 72.4 Å². The molecule has 3 aliphatic rings. The average Bonchev–Trinajstić information content (AvgIpc) is 3.46. The van der Waals surface area contributed by atoms with E-state index in [9.17, 15) is 26.4 Å². The molecule has 5 aromatic rings. The second kappa shape index (κ2) is 24.9. The number of allylic oxidation sites excluding steroid dienone is 3. The van der Waals surface area contributed by atoms with Gasteiger partial charge in [-0.05, 0) is 120 Å². The number of carbonyl (C=O) groups is 2. The standard InChI is InChI=1S/C60H68N6O8S2/c1-6-9-14-44-18-25-49(26-19-44)61-75(69,70)51-29-23-47(13-8-3)53(42-51)59(67)65-38-34-64(35-39-65)56-31-22-46(41-58(56)74-5)40-48-24-30-52(76(71,72)62-50-27-20-45(21-28-50)15-10-7-2)43-54(48)60(68)66-36-32-63(33-37-66)55-16-11-12-17-57(55)73-4/h3,11-12,16-31,40,42-43,61-62H,6-7,9-10,13-15,32-39,41H2,1-2,4-5H3. The zero-order valence-corrected chi connectivity index (χ0v) is 45.5. The lowest BCUT2D eigenvalue weighted by Crippen LogP contribution is -2.49. The Morgan fingerprint density at radius 3 is 1.70 bits per heavy atom. The third-order valence-corrected chi connectivity index (χ3v) is 16.9. The van der Waals surface area contributed by atoms with Gasteiger partial charge in [-0.3, -0.25) is 19.0 Å². The maximum absolute atomic E-state index is 14.7. The van der Waals surface area contributed by atoms with Crippen molar-refractivity contribution in [2.24, 2.45) is 0 Å². The molecule has 0 bridgehead atoms. The van der Waals surface area contributed by atoms with Gasteiger partial charge in [0.2, 0.25) is 0 Å². The Kier molecular flexibility index (Phi) is 18.0. The summed E-state index contributed by atoms with van der Waals surface area (Å²) < 4.78 is 72.3. The number of ether oxygens (including phenoxy) is 2. The van der Waals surface area contributed by atoms with Crippen LogP contribution in [0, 0.1) is 12.3 Å². The first-order valence-corrected chi connectivity index (χ1v) is 29.0. The molecule has 0 spiro atoms. The van der Waals surface area contributed by atoms with Gasteiger partial charge in [-0.2, -0.15) is 0 Å². The summed E-state index contributed by atoms with van der Waals surface area (Å²) in [5.41, 5.74) is 7.41. The number of piperazine rings is 2. The van der Waals surface area contributed by atoms with Gasteiger partial charge in [0.15, 0.2) is 0 Å². The minimum Gasteiger partial charge on any atom is -0.499 e. The van der Waals surface area contributed by atoms with Gasteiger partial charge in [-0.25, -0.2) is 16.8 Å². The van der Waals surface area contributed by atoms with E-state index in [2.05, 4.69) is 39.0 Å². The Balaban J connectivity index is 0.984. The number of nitrogens with one attached hydrogen (secondary N) is 2. The first kappa shape index (κ1) is 54.8. The molecule has 0 atom stereocenters. The molecule has 398 valence electrons. The monoisotopic (exact) mass is 1060 g/mol. The number of unbranched alkanes of at least 4 members (excludes halogenated alkanes) is 2. The molecule has 16 heteroatoms. The molecule has 2 heterocycles. The molecule has 0 unspecified atom stereocenters. The molecule has 76 heavy (non-hydrogen) atoms. The van der Waals surface area contributed by atoms with Crippen LogP contribution in [0.5, 0.6) is 5.75 Å². The molecule has 0 radical (unpaired) electrons. The van der Waals surface area contributed by atoms with Crippen LogP contribution in [0.1, 0.15) is 88.9 Å². The highest BCUT2D eigenvalue weighted by Crippen LogP contribution is 2.33. The lowest BCUT2D eigenvalue weighted by atomic mass is 9.97. The van der Waals surface area contributed by atoms with Gasteiger partial charge >= 0.3 is 0 Å². The van der Waals surface area contributed by atoms with Crippen LogP contribution in [0.2, 0.25) is 0 Å². The number of anilines is 3. The van der Waals surface area contributed by atoms with Gasteiger partial charge in [0.05, 0.1) is 35.4 Å². The highest BCUT2D eigenvalue weighted by Gasteiger charge is 2.30. The topological polar surface area (TPSA) is 158 Å². The number of hydrogen-bond acceptors (Lipinski definition) is 10. The maximum Gasteiger partial charge on any atom is 0.261 e. The van der Waals surface area contributed by atoms with Crippen LogP contribution in [0.4, 0.5) is 17.1 Å². The van der Waals surface area contributed by atoms with Crippen molar-refractivity contribution in [1.82, 2.24) is 14.7 Å². The molecule has 5 aromatic carbocycles. The number of sulfonamides is 2. The van der Waals surface area contributed by atoms with Crippen molar-refractivity contribution in [2.75, 3.05) is 80.9 Å². The summed E-state index contributed by atoms with van der Waals surface area (Å²) in [6.07, 6.45) is 18.1. The Labute approximate surface area is 449 Å². The third-order valence-electron chi connectivity index (χ3n) is 14.1. The zero-order chi connectivity index (χ0) is 53.8. The van der Waals surface area contributed by atoms with E-state index >= 15 is 0 Å². The van der Waals surface area contributed by atoms with Crippen molar-refractivity contribution in [3.05, 3.63) is 172 Å². The molecular formula is C60H68N6O8S2. The number of carbonyl (C=O) groups excluding carboxylic acids is 2. The van der Waals surface area contributed by atoms with Crippen molar-refractivity contribution in [2.45, 2.75) is 75.0 Å². The SMILES string of the molecule is C#CCc1ccc(S(=O)(=O)Nc2ccc(CCCC)cc2)cc1C(=O)N1CCN(C2=C(OC)CC(=Cc3ccc(S(=O)(=O)Nc4ccc(CCCC)cc4)cc3C(=O)N3CCN(c4ccccc4OC)CC3)C=C2)CC1. The number of aryl methyl sites for hydroxylation is 2. The normalized spacial score (nSPS) is 15.6. The van der Waals surface area contributed by atoms with Crippen molar-refractivity contribution in [1.29, 1.82) is 0 Å². The van der Waals surface area contributed by atoms with E-state index in [1.165, 1.54) is 24.3 Å². The second-order valence-corrected chi connectivity index (χ2v) is 22.6. The van der Waals surface area contributed by atoms with Gasteiger partial charge < -0.3 is 29.1 Å². The molecule has 2 aliphatic heterocycles. The molecule has 0 aromatic heterocycles. The van der Waals surface area contributed by atoms with E-state index in [1.807, 2.05) is 66.8 Å². The van der Waals surface area contributed by atoms with Crippen LogP contribution >= 0.6 is 0 Å². The fourth-order valence-electron chi connectivity index (χ4n) is 9.77. The van der Waals surface area contributed by atoms with E-state index in [1.54, 1.807) is 60.4 Å². The minimum atomic E-state index is -4.09. The number of hydrogen-bond donors (Lipinski definition) is 2. The number of para-hydroxylation sites is 2. The van der Waals surface area contributed by atoms with Gasteiger partial charge in [0.1, 0.15) is 11.5 Å². The fraction of sp³-hybridized carbons (Fsp3) is 0.333. The van der Waals surface area contributed by atoms with Crippen LogP contribution in [0.15, 0.2) is 148 Å². The van der Waals surface area contributed by atoms with E-state index in [4.69, 9.17) is 15.9 Å². The number of nitrogens with zero attached hydrogens (tertiary/aromatic N) is 4. The summed E-state index contributed by atoms with van der Waals surface area (Å²) in [6, 6.07) is 31.7. The summed E-state index contributed by atoms with van der Waals surface area (Å²) in [5, 5.41) is 0. The van der Waals surface area contributed by atoms with E-state index in [-0.39, 0.29) is 39.2 Å². The largest absolute Gasteiger partial charge is 0.499 e. The molecule has 2 amide bonds. The summed E-state index contributed by atoms with van der Waals surface area (Å²) in [5.74, 6) is 3.47. The maximum atomic E-state index is 14.7. The van der Waals surface area contributed by atoms with Crippen LogP contribution in [-0.4, -0.2) is 110 Å². The van der Waals surface area contributed by atoms with Crippen LogP contribution < -0.4 is 19.1 Å². The average molecular weight is 1070 g/mol. The third kappa shape index (κ3) is 13.1. The lowest BCUT2D eigenvalue weighted by molar-refractivity contribution is 0.0665. The molecule has 2 fully saturated rings. The molecular weight excluding hydrogens is 997 g/mol. The highest BCUT2D eigenvalue weighted by atomic mass is 32.2. The number of rotatable bonds is 20. The molecule has 1 aliphatic carbocycles. The summed E-state index contributed by atoms with van der Waals surface area (Å²) in [4.78, 5) is 36.7. The van der Waals surface area contributed by atoms with Crippen molar-refractivity contribution >= 4 is 55.0 Å². The predicted octanol–water partition coefficient (Wildman–Crippen LogP) is 9.78. The van der Waals surface area contributed by atoms with Gasteiger partial charge in [0.25, 0.3) is 31.9 Å². The van der Waals surface area contributed by atoms with Gasteiger partial charge in [-0.1, -0.05) is 87.4 Å². The van der Waals surface area contributed by atoms with Crippen LogP contribution in [0.25, 0.3) is 6.08 Å². The predicted molar refractivity (Wildman–Crippen MR) is 302 cm³/mol. The molecule has 2 saturated heterocycles. The van der Waals surface area contributed by atoms with Gasteiger partial charge in [-0.15, -0.1) is 12.3 Å². The lowest BCUT2D eigenvalue weighted by Gasteiger charge is -2.38. The van der Waals surface area contributed by atoms with E-state index in [0.29, 0.717) is 87.0 Å². The van der Waals surface area contributed by atoms with Crippen LogP contribution in [0.3, 0.4) is 0 Å². The van der Waals surface area contributed by atoms with Crippen molar-refractivity contribution in [3.63, 3.8) is 0 Å². The summed E-state index contributed by atoms with van der Waals surface area (Å²) in [6.45, 7) is 7.88. The number of methoxy groups -OCH3 is 2. The smallest absolute Gasteiger partial charge is 0.261 e. The van der Waals surface area contributed by atoms with E-state index < -0.39 is 20.0 Å². The molecule has 14 nitrogen and oxygen atoms in total. The van der Waals surface area contributed by atoms with Crippen molar-refractivity contribution < 1.29 is 35.9 Å². The second-order valence-electron chi connectivity index (χ2n) is 19.2. The fourth-order valence-corrected chi connectivity index (χ4v) is 11.9. The number of benzene rings is 5.